The molecule has 0 N–H and O–H groups in total. The topological polar surface area (TPSA) is 50.5 Å². The second kappa shape index (κ2) is 9.29. The molecule has 178 valence electrons. The quantitative estimate of drug-likeness (QED) is 0.437. The molecular formula is C23H27BrF2N4O2S. The van der Waals surface area contributed by atoms with Crippen LogP contribution in [0.5, 0.6) is 0 Å². The minimum atomic E-state index is -0.589. The predicted molar refractivity (Wildman–Crippen MR) is 126 cm³/mol. The summed E-state index contributed by atoms with van der Waals surface area (Å²) in [5, 5.41) is 0. The molecule has 1 saturated heterocycles. The molecule has 0 bridgehead atoms. The third-order valence-electron chi connectivity index (χ3n) is 6.87. The van der Waals surface area contributed by atoms with Gasteiger partial charge in [-0.2, -0.15) is 0 Å². The van der Waals surface area contributed by atoms with Crippen molar-refractivity contribution in [2.75, 3.05) is 27.2 Å². The molecule has 0 unspecified atom stereocenters. The highest BCUT2D eigenvalue weighted by atomic mass is 79.9. The summed E-state index contributed by atoms with van der Waals surface area (Å²) in [6.07, 6.45) is 1.89. The lowest BCUT2D eigenvalue weighted by Crippen LogP contribution is -2.43. The van der Waals surface area contributed by atoms with Gasteiger partial charge in [-0.15, -0.1) is 0 Å². The Morgan fingerprint density at radius 2 is 1.88 bits per heavy atom. The number of benzene rings is 1. The Morgan fingerprint density at radius 1 is 1.21 bits per heavy atom. The molecule has 1 fully saturated rings. The normalized spacial score (nSPS) is 18.5. The number of aromatic nitrogens is 2. The van der Waals surface area contributed by atoms with Gasteiger partial charge >= 0.3 is 0 Å². The van der Waals surface area contributed by atoms with Gasteiger partial charge in [-0.05, 0) is 59.5 Å². The molecule has 0 spiro atoms. The molecule has 1 atom stereocenters. The first-order chi connectivity index (χ1) is 15.6. The molecule has 1 aromatic heterocycles. The highest BCUT2D eigenvalue weighted by Crippen LogP contribution is 2.37. The predicted octanol–water partition coefficient (Wildman–Crippen LogP) is 3.81. The van der Waals surface area contributed by atoms with Crippen molar-refractivity contribution in [1.29, 1.82) is 0 Å². The smallest absolute Gasteiger partial charge is 0.228 e. The number of carbonyl (C=O) groups is 2. The zero-order chi connectivity index (χ0) is 24.0. The second-order valence-corrected chi connectivity index (χ2v) is 10.3. The Balaban J connectivity index is 1.51. The average Bonchev–Trinajstić information content (AvgIpc) is 3.30. The molecule has 2 amide bonds. The number of nitrogens with zero attached hydrogens (tertiary/aromatic N) is 4. The maximum Gasteiger partial charge on any atom is 0.228 e. The Morgan fingerprint density at radius 3 is 2.52 bits per heavy atom. The minimum absolute atomic E-state index is 0.0204. The van der Waals surface area contributed by atoms with Crippen LogP contribution < -0.4 is 0 Å². The second-order valence-electron chi connectivity index (χ2n) is 9.07. The third-order valence-corrected chi connectivity index (χ3v) is 7.98. The lowest BCUT2D eigenvalue weighted by molar-refractivity contribution is -0.138. The van der Waals surface area contributed by atoms with Gasteiger partial charge in [0.1, 0.15) is 11.6 Å². The van der Waals surface area contributed by atoms with Gasteiger partial charge in [0.2, 0.25) is 11.8 Å². The van der Waals surface area contributed by atoms with Gasteiger partial charge in [-0.1, -0.05) is 0 Å². The van der Waals surface area contributed by atoms with Gasteiger partial charge in [0.15, 0.2) is 4.77 Å². The molecule has 0 saturated carbocycles. The van der Waals surface area contributed by atoms with E-state index in [2.05, 4.69) is 15.9 Å². The number of likely N-dealkylation sites (tertiary alicyclic amines) is 1. The van der Waals surface area contributed by atoms with Crippen LogP contribution in [-0.4, -0.2) is 57.9 Å². The van der Waals surface area contributed by atoms with Gasteiger partial charge in [0.05, 0.1) is 10.9 Å². The molecule has 2 aliphatic rings. The van der Waals surface area contributed by atoms with E-state index >= 15 is 0 Å². The van der Waals surface area contributed by atoms with E-state index in [-0.39, 0.29) is 40.1 Å². The molecule has 3 heterocycles. The monoisotopic (exact) mass is 540 g/mol. The van der Waals surface area contributed by atoms with Crippen molar-refractivity contribution >= 4 is 40.0 Å². The molecule has 6 nitrogen and oxygen atoms in total. The maximum absolute atomic E-state index is 14.7. The van der Waals surface area contributed by atoms with E-state index in [4.69, 9.17) is 12.2 Å². The third kappa shape index (κ3) is 4.39. The van der Waals surface area contributed by atoms with E-state index in [1.165, 1.54) is 12.1 Å². The van der Waals surface area contributed by atoms with E-state index in [9.17, 15) is 18.4 Å². The summed E-state index contributed by atoms with van der Waals surface area (Å²) in [5.74, 6) is -1.51. The Hall–Kier alpha value is -2.07. The van der Waals surface area contributed by atoms with Crippen LogP contribution in [0.25, 0.3) is 0 Å². The van der Waals surface area contributed by atoms with E-state index < -0.39 is 11.6 Å². The van der Waals surface area contributed by atoms with Crippen LogP contribution in [0.1, 0.15) is 35.7 Å². The molecule has 4 rings (SSSR count). The molecule has 1 aromatic carbocycles. The number of fused-ring (bicyclic) bond motifs is 1. The van der Waals surface area contributed by atoms with Crippen LogP contribution in [0.2, 0.25) is 0 Å². The van der Waals surface area contributed by atoms with Crippen molar-refractivity contribution in [1.82, 2.24) is 18.9 Å². The van der Waals surface area contributed by atoms with Crippen LogP contribution in [0.4, 0.5) is 8.78 Å². The zero-order valence-corrected chi connectivity index (χ0v) is 21.3. The lowest BCUT2D eigenvalue weighted by atomic mass is 9.94. The summed E-state index contributed by atoms with van der Waals surface area (Å²) < 4.78 is 33.7. The summed E-state index contributed by atoms with van der Waals surface area (Å²) in [6.45, 7) is 1.46. The van der Waals surface area contributed by atoms with Crippen molar-refractivity contribution in [2.45, 2.75) is 38.1 Å². The number of amides is 2. The summed E-state index contributed by atoms with van der Waals surface area (Å²) >= 11 is 8.72. The highest BCUT2D eigenvalue weighted by molar-refractivity contribution is 9.10. The molecule has 2 aromatic rings. The Kier molecular flexibility index (Phi) is 6.77. The molecular weight excluding hydrogens is 514 g/mol. The van der Waals surface area contributed by atoms with Crippen molar-refractivity contribution in [3.8, 4) is 0 Å². The van der Waals surface area contributed by atoms with Gasteiger partial charge in [-0.25, -0.2) is 8.78 Å². The van der Waals surface area contributed by atoms with Crippen LogP contribution >= 0.6 is 28.1 Å². The highest BCUT2D eigenvalue weighted by Gasteiger charge is 2.34. The summed E-state index contributed by atoms with van der Waals surface area (Å²) in [4.78, 5) is 28.7. The van der Waals surface area contributed by atoms with Gasteiger partial charge in [0.25, 0.3) is 0 Å². The lowest BCUT2D eigenvalue weighted by Gasteiger charge is -2.32. The van der Waals surface area contributed by atoms with Crippen LogP contribution in [0, 0.1) is 22.3 Å². The van der Waals surface area contributed by atoms with E-state index in [1.54, 1.807) is 23.9 Å². The van der Waals surface area contributed by atoms with Crippen molar-refractivity contribution in [3.05, 3.63) is 50.0 Å². The molecule has 0 radical (unpaired) electrons. The average molecular weight is 541 g/mol. The van der Waals surface area contributed by atoms with Gasteiger partial charge < -0.3 is 18.9 Å². The minimum Gasteiger partial charge on any atom is -0.349 e. The van der Waals surface area contributed by atoms with E-state index in [0.29, 0.717) is 43.7 Å². The van der Waals surface area contributed by atoms with E-state index in [0.717, 1.165) is 11.4 Å². The Labute approximate surface area is 205 Å². The number of hydrogen-bond acceptors (Lipinski definition) is 3. The first-order valence-corrected chi connectivity index (χ1v) is 12.2. The van der Waals surface area contributed by atoms with Crippen molar-refractivity contribution in [3.63, 3.8) is 0 Å². The molecule has 2 aliphatic heterocycles. The SMILES string of the molecule is CN(C)C(=O)C1CCN(C(=O)Cc2c3n(c(=S)n2C)C[C@H](c2c(F)ccc(Br)c2F)C3)CC1. The number of imidazole rings is 1. The summed E-state index contributed by atoms with van der Waals surface area (Å²) in [6, 6.07) is 2.63. The molecule has 0 aliphatic carbocycles. The first kappa shape index (κ1) is 24.1. The summed E-state index contributed by atoms with van der Waals surface area (Å²) in [7, 11) is 5.33. The van der Waals surface area contributed by atoms with Crippen molar-refractivity contribution in [2.24, 2.45) is 13.0 Å². The zero-order valence-electron chi connectivity index (χ0n) is 18.9. The van der Waals surface area contributed by atoms with Crippen molar-refractivity contribution < 1.29 is 18.4 Å². The molecule has 33 heavy (non-hydrogen) atoms. The number of halogens is 3. The summed E-state index contributed by atoms with van der Waals surface area (Å²) in [5.41, 5.74) is 1.70. The van der Waals surface area contributed by atoms with Gasteiger partial charge in [-0.3, -0.25) is 9.59 Å². The van der Waals surface area contributed by atoms with Gasteiger partial charge in [0, 0.05) is 69.6 Å². The number of rotatable bonds is 4. The fourth-order valence-corrected chi connectivity index (χ4v) is 5.66. The van der Waals surface area contributed by atoms with Crippen LogP contribution in [0.15, 0.2) is 16.6 Å². The first-order valence-electron chi connectivity index (χ1n) is 11.0. The maximum atomic E-state index is 14.7. The van der Waals surface area contributed by atoms with Crippen LogP contribution in [0.3, 0.4) is 0 Å². The number of piperidine rings is 1. The largest absolute Gasteiger partial charge is 0.349 e. The number of carbonyl (C=O) groups excluding carboxylic acids is 2. The standard InChI is InChI=1S/C23H27BrF2N4O2S/c1-27(2)22(32)13-6-8-29(9-7-13)19(31)11-17-18-10-14(12-30(18)23(33)28(17)3)20-16(25)5-4-15(24)21(20)26/h4-5,13-14H,6-12H2,1-3H3/t14-/m1/s1. The van der Waals surface area contributed by atoms with Crippen LogP contribution in [-0.2, 0) is 36.0 Å². The Bertz CT molecular complexity index is 1170. The fourth-order valence-electron chi connectivity index (χ4n) is 5.02. The van der Waals surface area contributed by atoms with E-state index in [1.807, 2.05) is 16.2 Å². The molecule has 10 heteroatoms. The number of hydrogen-bond donors (Lipinski definition) is 0. The fraction of sp³-hybridized carbons (Fsp3) is 0.522.